The van der Waals surface area contributed by atoms with Gasteiger partial charge in [0.1, 0.15) is 11.8 Å². The predicted octanol–water partition coefficient (Wildman–Crippen LogP) is 4.43. The number of methoxy groups -OCH3 is 1. The molecule has 168 valence electrons. The van der Waals surface area contributed by atoms with Gasteiger partial charge in [0.25, 0.3) is 0 Å². The van der Waals surface area contributed by atoms with Gasteiger partial charge in [-0.05, 0) is 49.4 Å². The van der Waals surface area contributed by atoms with Crippen molar-refractivity contribution in [1.29, 1.82) is 0 Å². The first kappa shape index (κ1) is 24.4. The van der Waals surface area contributed by atoms with E-state index in [2.05, 4.69) is 25.2 Å². The number of nitrogens with one attached hydrogen (secondary N) is 1. The molecule has 0 aliphatic rings. The lowest BCUT2D eigenvalue weighted by molar-refractivity contribution is -0.141. The first-order valence-electron chi connectivity index (χ1n) is 11.0. The SMILES string of the molecule is CC[C@H](C(=O)NCC(C)C)N(Cc1ccc(OC)cc1)C(=O)Cc1cc(C)cc(C)c1. The minimum Gasteiger partial charge on any atom is -0.497 e. The largest absolute Gasteiger partial charge is 0.497 e. The van der Waals surface area contributed by atoms with E-state index in [1.807, 2.05) is 57.2 Å². The number of hydrogen-bond donors (Lipinski definition) is 1. The molecular formula is C26H36N2O3. The van der Waals surface area contributed by atoms with Crippen LogP contribution in [0.25, 0.3) is 0 Å². The zero-order valence-corrected chi connectivity index (χ0v) is 19.7. The lowest BCUT2D eigenvalue weighted by atomic mass is 10.0. The summed E-state index contributed by atoms with van der Waals surface area (Å²) in [6.45, 7) is 11.1. The Hall–Kier alpha value is -2.82. The number of benzene rings is 2. The predicted molar refractivity (Wildman–Crippen MR) is 125 cm³/mol. The van der Waals surface area contributed by atoms with Crippen molar-refractivity contribution in [1.82, 2.24) is 10.2 Å². The third kappa shape index (κ3) is 7.42. The summed E-state index contributed by atoms with van der Waals surface area (Å²) in [4.78, 5) is 28.1. The fourth-order valence-electron chi connectivity index (χ4n) is 3.72. The van der Waals surface area contributed by atoms with Crippen LogP contribution in [0.4, 0.5) is 0 Å². The molecule has 5 heteroatoms. The molecule has 0 spiro atoms. The van der Waals surface area contributed by atoms with Gasteiger partial charge in [-0.15, -0.1) is 0 Å². The number of aryl methyl sites for hydroxylation is 2. The summed E-state index contributed by atoms with van der Waals surface area (Å²) in [6.07, 6.45) is 0.825. The van der Waals surface area contributed by atoms with Crippen LogP contribution in [-0.2, 0) is 22.6 Å². The Balaban J connectivity index is 2.29. The van der Waals surface area contributed by atoms with Gasteiger partial charge in [0.15, 0.2) is 0 Å². The molecule has 1 atom stereocenters. The number of rotatable bonds is 10. The zero-order valence-electron chi connectivity index (χ0n) is 19.7. The summed E-state index contributed by atoms with van der Waals surface area (Å²) >= 11 is 0. The van der Waals surface area contributed by atoms with E-state index in [0.29, 0.717) is 25.4 Å². The van der Waals surface area contributed by atoms with Crippen LogP contribution in [-0.4, -0.2) is 36.4 Å². The van der Waals surface area contributed by atoms with E-state index >= 15 is 0 Å². The Morgan fingerprint density at radius 2 is 1.61 bits per heavy atom. The normalized spacial score (nSPS) is 11.8. The molecule has 1 N–H and O–H groups in total. The second-order valence-electron chi connectivity index (χ2n) is 8.61. The summed E-state index contributed by atoms with van der Waals surface area (Å²) in [5.41, 5.74) is 4.20. The average Bonchev–Trinajstić information content (AvgIpc) is 2.71. The summed E-state index contributed by atoms with van der Waals surface area (Å²) in [5.74, 6) is 0.965. The van der Waals surface area contributed by atoms with Crippen LogP contribution in [0.1, 0.15) is 49.4 Å². The van der Waals surface area contributed by atoms with E-state index in [0.717, 1.165) is 28.0 Å². The van der Waals surface area contributed by atoms with E-state index in [9.17, 15) is 9.59 Å². The van der Waals surface area contributed by atoms with Crippen LogP contribution in [0, 0.1) is 19.8 Å². The van der Waals surface area contributed by atoms with Gasteiger partial charge in [0.05, 0.1) is 13.5 Å². The van der Waals surface area contributed by atoms with E-state index in [-0.39, 0.29) is 18.2 Å². The van der Waals surface area contributed by atoms with Crippen LogP contribution < -0.4 is 10.1 Å². The van der Waals surface area contributed by atoms with Gasteiger partial charge < -0.3 is 15.0 Å². The maximum Gasteiger partial charge on any atom is 0.242 e. The van der Waals surface area contributed by atoms with Gasteiger partial charge in [-0.25, -0.2) is 0 Å². The highest BCUT2D eigenvalue weighted by Gasteiger charge is 2.28. The Bertz CT molecular complexity index is 854. The molecule has 0 heterocycles. The number of amides is 2. The monoisotopic (exact) mass is 424 g/mol. The topological polar surface area (TPSA) is 58.6 Å². The lowest BCUT2D eigenvalue weighted by Crippen LogP contribution is -2.50. The number of carbonyl (C=O) groups excluding carboxylic acids is 2. The summed E-state index contributed by atoms with van der Waals surface area (Å²) in [7, 11) is 1.63. The third-order valence-electron chi connectivity index (χ3n) is 5.22. The first-order chi connectivity index (χ1) is 14.7. The van der Waals surface area contributed by atoms with Crippen molar-refractivity contribution in [2.45, 2.75) is 60.0 Å². The smallest absolute Gasteiger partial charge is 0.242 e. The first-order valence-corrected chi connectivity index (χ1v) is 11.0. The molecule has 2 rings (SSSR count). The summed E-state index contributed by atoms with van der Waals surface area (Å²) < 4.78 is 5.24. The number of hydrogen-bond acceptors (Lipinski definition) is 3. The second kappa shape index (κ2) is 11.5. The molecule has 0 saturated carbocycles. The molecule has 2 amide bonds. The fourth-order valence-corrected chi connectivity index (χ4v) is 3.72. The average molecular weight is 425 g/mol. The fraction of sp³-hybridized carbons (Fsp3) is 0.462. The summed E-state index contributed by atoms with van der Waals surface area (Å²) in [6, 6.07) is 13.3. The minimum absolute atomic E-state index is 0.0487. The van der Waals surface area contributed by atoms with Gasteiger partial charge in [-0.3, -0.25) is 9.59 Å². The standard InChI is InChI=1S/C26H36N2O3/c1-7-24(26(30)27-16-18(2)3)28(17-21-8-10-23(31-6)11-9-21)25(29)15-22-13-19(4)12-20(5)14-22/h8-14,18,24H,7,15-17H2,1-6H3,(H,27,30)/t24-/m1/s1. The minimum atomic E-state index is -0.515. The second-order valence-corrected chi connectivity index (χ2v) is 8.61. The molecule has 2 aromatic carbocycles. The quantitative estimate of drug-likeness (QED) is 0.614. The highest BCUT2D eigenvalue weighted by Crippen LogP contribution is 2.18. The van der Waals surface area contributed by atoms with E-state index in [4.69, 9.17) is 4.74 Å². The van der Waals surface area contributed by atoms with Crippen LogP contribution >= 0.6 is 0 Å². The number of ether oxygens (including phenoxy) is 1. The van der Waals surface area contributed by atoms with Crippen molar-refractivity contribution in [2.24, 2.45) is 5.92 Å². The molecule has 0 saturated heterocycles. The molecule has 0 bridgehead atoms. The molecule has 0 radical (unpaired) electrons. The van der Waals surface area contributed by atoms with E-state index < -0.39 is 6.04 Å². The molecule has 2 aromatic rings. The zero-order chi connectivity index (χ0) is 23.0. The molecule has 0 fully saturated rings. The van der Waals surface area contributed by atoms with E-state index in [1.165, 1.54) is 0 Å². The molecule has 31 heavy (non-hydrogen) atoms. The van der Waals surface area contributed by atoms with Gasteiger partial charge in [-0.2, -0.15) is 0 Å². The van der Waals surface area contributed by atoms with Crippen molar-refractivity contribution in [3.63, 3.8) is 0 Å². The van der Waals surface area contributed by atoms with Crippen LogP contribution in [0.15, 0.2) is 42.5 Å². The maximum atomic E-state index is 13.4. The molecule has 0 aliphatic heterocycles. The van der Waals surface area contributed by atoms with E-state index in [1.54, 1.807) is 12.0 Å². The Morgan fingerprint density at radius 1 is 1.00 bits per heavy atom. The van der Waals surface area contributed by atoms with Crippen LogP contribution in [0.2, 0.25) is 0 Å². The molecule has 0 aliphatic carbocycles. The Kier molecular flexibility index (Phi) is 9.10. The number of nitrogens with zero attached hydrogens (tertiary/aromatic N) is 1. The van der Waals surface area contributed by atoms with Crippen LogP contribution in [0.5, 0.6) is 5.75 Å². The van der Waals surface area contributed by atoms with Crippen molar-refractivity contribution in [3.05, 3.63) is 64.7 Å². The van der Waals surface area contributed by atoms with Gasteiger partial charge in [-0.1, -0.05) is 62.2 Å². The maximum absolute atomic E-state index is 13.4. The van der Waals surface area contributed by atoms with Gasteiger partial charge >= 0.3 is 0 Å². The van der Waals surface area contributed by atoms with Crippen molar-refractivity contribution >= 4 is 11.8 Å². The van der Waals surface area contributed by atoms with Crippen LogP contribution in [0.3, 0.4) is 0 Å². The molecule has 5 nitrogen and oxygen atoms in total. The Labute approximate surface area is 186 Å². The van der Waals surface area contributed by atoms with Crippen molar-refractivity contribution in [3.8, 4) is 5.75 Å². The Morgan fingerprint density at radius 3 is 2.13 bits per heavy atom. The highest BCUT2D eigenvalue weighted by molar-refractivity contribution is 5.88. The molecule has 0 unspecified atom stereocenters. The molecule has 0 aromatic heterocycles. The van der Waals surface area contributed by atoms with Crippen molar-refractivity contribution < 1.29 is 14.3 Å². The van der Waals surface area contributed by atoms with Crippen molar-refractivity contribution in [2.75, 3.05) is 13.7 Å². The van der Waals surface area contributed by atoms with Gasteiger partial charge in [0.2, 0.25) is 11.8 Å². The lowest BCUT2D eigenvalue weighted by Gasteiger charge is -2.31. The van der Waals surface area contributed by atoms with Gasteiger partial charge in [0, 0.05) is 13.1 Å². The summed E-state index contributed by atoms with van der Waals surface area (Å²) in [5, 5.41) is 3.00. The molecular weight excluding hydrogens is 388 g/mol. The third-order valence-corrected chi connectivity index (χ3v) is 5.22. The number of carbonyl (C=O) groups is 2. The highest BCUT2D eigenvalue weighted by atomic mass is 16.5.